The number of carbonyl (C=O) groups excluding carboxylic acids is 1. The molecule has 25 heavy (non-hydrogen) atoms. The molecule has 0 spiro atoms. The third-order valence-electron chi connectivity index (χ3n) is 4.03. The van der Waals surface area contributed by atoms with Crippen LogP contribution >= 0.6 is 0 Å². The lowest BCUT2D eigenvalue weighted by Crippen LogP contribution is -2.14. The first-order valence-corrected chi connectivity index (χ1v) is 8.73. The zero-order valence-electron chi connectivity index (χ0n) is 15.5. The highest BCUT2D eigenvalue weighted by Crippen LogP contribution is 2.28. The molecular weight excluding hydrogens is 314 g/mol. The fourth-order valence-electron chi connectivity index (χ4n) is 2.73. The van der Waals surface area contributed by atoms with Crippen molar-refractivity contribution in [1.82, 2.24) is 0 Å². The fourth-order valence-corrected chi connectivity index (χ4v) is 2.73. The van der Waals surface area contributed by atoms with Crippen LogP contribution in [0.15, 0.2) is 42.5 Å². The van der Waals surface area contributed by atoms with Crippen LogP contribution in [0.25, 0.3) is 0 Å². The second kappa shape index (κ2) is 9.11. The lowest BCUT2D eigenvalue weighted by atomic mass is 10.0. The Morgan fingerprint density at radius 1 is 1.12 bits per heavy atom. The summed E-state index contributed by atoms with van der Waals surface area (Å²) in [6, 6.07) is 13.7. The van der Waals surface area contributed by atoms with Gasteiger partial charge in [-0.05, 0) is 48.6 Å². The molecule has 0 bridgehead atoms. The topological polar surface area (TPSA) is 47.6 Å². The monoisotopic (exact) mass is 341 g/mol. The summed E-state index contributed by atoms with van der Waals surface area (Å²) in [6.07, 6.45) is 1.07. The van der Waals surface area contributed by atoms with Gasteiger partial charge in [0.2, 0.25) is 5.91 Å². The molecule has 2 aromatic carbocycles. The van der Waals surface area contributed by atoms with Crippen LogP contribution < -0.4 is 14.8 Å². The molecule has 2 rings (SSSR count). The van der Waals surface area contributed by atoms with Crippen molar-refractivity contribution >= 4 is 11.6 Å². The van der Waals surface area contributed by atoms with E-state index in [4.69, 9.17) is 9.47 Å². The number of amides is 1. The number of rotatable bonds is 8. The van der Waals surface area contributed by atoms with Gasteiger partial charge in [0.1, 0.15) is 0 Å². The van der Waals surface area contributed by atoms with Gasteiger partial charge >= 0.3 is 0 Å². The Morgan fingerprint density at radius 3 is 2.56 bits per heavy atom. The summed E-state index contributed by atoms with van der Waals surface area (Å²) in [7, 11) is 1.62. The van der Waals surface area contributed by atoms with Gasteiger partial charge < -0.3 is 14.8 Å². The van der Waals surface area contributed by atoms with Crippen molar-refractivity contribution in [3.05, 3.63) is 53.6 Å². The molecule has 4 heteroatoms. The van der Waals surface area contributed by atoms with Gasteiger partial charge in [0, 0.05) is 12.1 Å². The first kappa shape index (κ1) is 18.8. The molecule has 0 aliphatic rings. The van der Waals surface area contributed by atoms with Crippen LogP contribution in [0.5, 0.6) is 11.5 Å². The molecule has 0 saturated heterocycles. The van der Waals surface area contributed by atoms with Gasteiger partial charge in [-0.15, -0.1) is 0 Å². The van der Waals surface area contributed by atoms with Crippen molar-refractivity contribution in [3.63, 3.8) is 0 Å². The smallest absolute Gasteiger partial charge is 0.224 e. The second-order valence-corrected chi connectivity index (χ2v) is 6.21. The molecule has 0 unspecified atom stereocenters. The van der Waals surface area contributed by atoms with Crippen molar-refractivity contribution < 1.29 is 14.3 Å². The van der Waals surface area contributed by atoms with E-state index in [-0.39, 0.29) is 5.91 Å². The molecule has 0 fully saturated rings. The number of hydrogen-bond donors (Lipinski definition) is 1. The Kier molecular flexibility index (Phi) is 6.87. The maximum atomic E-state index is 12.3. The van der Waals surface area contributed by atoms with Crippen molar-refractivity contribution in [2.75, 3.05) is 19.0 Å². The minimum Gasteiger partial charge on any atom is -0.493 e. The van der Waals surface area contributed by atoms with E-state index in [1.807, 2.05) is 43.3 Å². The first-order valence-electron chi connectivity index (χ1n) is 8.73. The van der Waals surface area contributed by atoms with Crippen molar-refractivity contribution in [3.8, 4) is 11.5 Å². The Balaban J connectivity index is 1.98. The summed E-state index contributed by atoms with van der Waals surface area (Å²) < 4.78 is 10.9. The molecule has 4 nitrogen and oxygen atoms in total. The molecule has 0 atom stereocenters. The number of anilines is 1. The number of ether oxygens (including phenoxy) is 2. The maximum absolute atomic E-state index is 12.3. The fraction of sp³-hybridized carbons (Fsp3) is 0.381. The average Bonchev–Trinajstić information content (AvgIpc) is 2.61. The highest BCUT2D eigenvalue weighted by Gasteiger charge is 2.10. The zero-order chi connectivity index (χ0) is 18.2. The van der Waals surface area contributed by atoms with E-state index in [9.17, 15) is 4.79 Å². The molecule has 1 amide bonds. The van der Waals surface area contributed by atoms with Crippen molar-refractivity contribution in [2.45, 2.75) is 39.5 Å². The Morgan fingerprint density at radius 2 is 1.88 bits per heavy atom. The van der Waals surface area contributed by atoms with Crippen molar-refractivity contribution in [1.29, 1.82) is 0 Å². The Bertz CT molecular complexity index is 710. The van der Waals surface area contributed by atoms with Gasteiger partial charge in [-0.2, -0.15) is 0 Å². The molecule has 0 aromatic heterocycles. The van der Waals surface area contributed by atoms with Crippen LogP contribution in [-0.2, 0) is 11.2 Å². The lowest BCUT2D eigenvalue weighted by molar-refractivity contribution is -0.116. The highest BCUT2D eigenvalue weighted by atomic mass is 16.5. The molecule has 0 saturated carbocycles. The summed E-state index contributed by atoms with van der Waals surface area (Å²) >= 11 is 0. The van der Waals surface area contributed by atoms with E-state index in [0.29, 0.717) is 31.1 Å². The predicted octanol–water partition coefficient (Wildman–Crippen LogP) is 4.79. The molecule has 2 aromatic rings. The Hall–Kier alpha value is -2.49. The van der Waals surface area contributed by atoms with E-state index in [2.05, 4.69) is 25.2 Å². The minimum atomic E-state index is 0.0148. The van der Waals surface area contributed by atoms with Gasteiger partial charge in [-0.1, -0.05) is 38.1 Å². The number of aryl methyl sites for hydroxylation is 1. The van der Waals surface area contributed by atoms with Crippen LogP contribution in [0.4, 0.5) is 5.69 Å². The summed E-state index contributed by atoms with van der Waals surface area (Å²) in [5.41, 5.74) is 3.10. The third-order valence-corrected chi connectivity index (χ3v) is 4.03. The van der Waals surface area contributed by atoms with E-state index in [0.717, 1.165) is 22.6 Å². The summed E-state index contributed by atoms with van der Waals surface area (Å²) in [5, 5.41) is 3.03. The van der Waals surface area contributed by atoms with Gasteiger partial charge in [0.15, 0.2) is 11.5 Å². The zero-order valence-corrected chi connectivity index (χ0v) is 15.5. The number of nitrogens with one attached hydrogen (secondary N) is 1. The van der Waals surface area contributed by atoms with Crippen LogP contribution in [-0.4, -0.2) is 19.6 Å². The maximum Gasteiger partial charge on any atom is 0.224 e. The predicted molar refractivity (Wildman–Crippen MR) is 102 cm³/mol. The SMILES string of the molecule is CCOc1ccc(CCC(=O)Nc2ccccc2C(C)C)cc1OC. The average molecular weight is 341 g/mol. The molecule has 1 N–H and O–H groups in total. The van der Waals surface area contributed by atoms with Gasteiger partial charge in [0.25, 0.3) is 0 Å². The molecule has 134 valence electrons. The van der Waals surface area contributed by atoms with Gasteiger partial charge in [-0.25, -0.2) is 0 Å². The molecule has 0 radical (unpaired) electrons. The van der Waals surface area contributed by atoms with Crippen LogP contribution in [0.3, 0.4) is 0 Å². The van der Waals surface area contributed by atoms with E-state index >= 15 is 0 Å². The molecular formula is C21H27NO3. The molecule has 0 heterocycles. The van der Waals surface area contributed by atoms with Crippen LogP contribution in [0.2, 0.25) is 0 Å². The summed E-state index contributed by atoms with van der Waals surface area (Å²) in [6.45, 7) is 6.77. The second-order valence-electron chi connectivity index (χ2n) is 6.21. The number of methoxy groups -OCH3 is 1. The lowest BCUT2D eigenvalue weighted by Gasteiger charge is -2.14. The minimum absolute atomic E-state index is 0.0148. The normalized spacial score (nSPS) is 10.6. The number of hydrogen-bond acceptors (Lipinski definition) is 3. The van der Waals surface area contributed by atoms with Gasteiger partial charge in [0.05, 0.1) is 13.7 Å². The summed E-state index contributed by atoms with van der Waals surface area (Å²) in [4.78, 5) is 12.3. The number of para-hydroxylation sites is 1. The van der Waals surface area contributed by atoms with Crippen molar-refractivity contribution in [2.24, 2.45) is 0 Å². The standard InChI is InChI=1S/C21H27NO3/c1-5-25-19-12-10-16(14-20(19)24-4)11-13-21(23)22-18-9-7-6-8-17(18)15(2)3/h6-10,12,14-15H,5,11,13H2,1-4H3,(H,22,23). The first-order chi connectivity index (χ1) is 12.0. The van der Waals surface area contributed by atoms with E-state index in [1.54, 1.807) is 7.11 Å². The summed E-state index contributed by atoms with van der Waals surface area (Å²) in [5.74, 6) is 1.81. The highest BCUT2D eigenvalue weighted by molar-refractivity contribution is 5.91. The van der Waals surface area contributed by atoms with E-state index in [1.165, 1.54) is 0 Å². The largest absolute Gasteiger partial charge is 0.493 e. The third kappa shape index (κ3) is 5.24. The molecule has 0 aliphatic carbocycles. The van der Waals surface area contributed by atoms with Gasteiger partial charge in [-0.3, -0.25) is 4.79 Å². The van der Waals surface area contributed by atoms with E-state index < -0.39 is 0 Å². The van der Waals surface area contributed by atoms with Crippen LogP contribution in [0, 0.1) is 0 Å². The van der Waals surface area contributed by atoms with Crippen LogP contribution in [0.1, 0.15) is 44.2 Å². The quantitative estimate of drug-likeness (QED) is 0.751. The number of carbonyl (C=O) groups is 1. The molecule has 0 aliphatic heterocycles. The number of benzene rings is 2. The Labute approximate surface area is 150 Å².